The fourth-order valence-electron chi connectivity index (χ4n) is 9.15. The molecule has 2 amide bonds. The van der Waals surface area contributed by atoms with Crippen LogP contribution in [-0.4, -0.2) is 126 Å². The number of ether oxygens (including phenoxy) is 4. The number of cyclic esters (lactones) is 1. The number of carbonyl (C=O) groups is 3. The molecule has 6 bridgehead atoms. The van der Waals surface area contributed by atoms with E-state index in [2.05, 4.69) is 70.3 Å². The fourth-order valence-corrected chi connectivity index (χ4v) is 10.1. The molecule has 0 radical (unpaired) electrons. The summed E-state index contributed by atoms with van der Waals surface area (Å²) in [6.07, 6.45) is 4.64. The Morgan fingerprint density at radius 3 is 2.56 bits per heavy atom. The number of alkyl carbamates (subject to hydrolysis) is 1. The number of anilines is 1. The number of fused-ring (bicyclic) bond motifs is 6. The van der Waals surface area contributed by atoms with Crippen molar-refractivity contribution < 1.29 is 33.3 Å². The average molecular weight is 899 g/mol. The molecular weight excluding hydrogens is 833 g/mol. The van der Waals surface area contributed by atoms with Crippen LogP contribution in [0, 0.1) is 5.41 Å². The Labute approximate surface area is 381 Å². The molecule has 1 aromatic carbocycles. The number of esters is 1. The largest absolute Gasteiger partial charge is 0.464 e. The zero-order chi connectivity index (χ0) is 45.5. The lowest BCUT2D eigenvalue weighted by molar-refractivity contribution is -0.154. The Kier molecular flexibility index (Phi) is 13.4. The van der Waals surface area contributed by atoms with Gasteiger partial charge in [0.25, 0.3) is 5.91 Å². The first-order valence-corrected chi connectivity index (χ1v) is 23.8. The third kappa shape index (κ3) is 9.96. The average Bonchev–Trinajstić information content (AvgIpc) is 3.73. The van der Waals surface area contributed by atoms with Gasteiger partial charge in [0.05, 0.1) is 59.4 Å². The minimum absolute atomic E-state index is 0.0596. The molecule has 3 fully saturated rings. The molecule has 2 N–H and O–H groups in total. The van der Waals surface area contributed by atoms with Crippen molar-refractivity contribution in [3.63, 3.8) is 0 Å². The van der Waals surface area contributed by atoms with Crippen LogP contribution in [0.15, 0.2) is 35.8 Å². The van der Waals surface area contributed by atoms with Crippen LogP contribution in [0.4, 0.5) is 10.5 Å². The minimum atomic E-state index is -1.03. The maximum absolute atomic E-state index is 14.4. The minimum Gasteiger partial charge on any atom is -0.464 e. The Bertz CT molecular complexity index is 2340. The number of methoxy groups -OCH3 is 1. The van der Waals surface area contributed by atoms with E-state index in [1.165, 1.54) is 16.3 Å². The molecule has 16 heteroatoms. The van der Waals surface area contributed by atoms with Crippen LogP contribution in [0.5, 0.6) is 0 Å². The predicted octanol–water partition coefficient (Wildman–Crippen LogP) is 7.08. The molecule has 4 atom stereocenters. The van der Waals surface area contributed by atoms with Crippen LogP contribution < -0.4 is 15.6 Å². The maximum atomic E-state index is 14.4. The van der Waals surface area contributed by atoms with Crippen molar-refractivity contribution in [1.82, 2.24) is 35.2 Å². The Balaban J connectivity index is 1.30. The van der Waals surface area contributed by atoms with Crippen LogP contribution in [0.1, 0.15) is 102 Å². The lowest BCUT2D eigenvalue weighted by atomic mass is 9.91. The number of thiazole rings is 1. The smallest absolute Gasteiger partial charge is 0.408 e. The monoisotopic (exact) mass is 898 g/mol. The fraction of sp³-hybridized carbons (Fsp3) is 0.604. The number of benzene rings is 1. The molecule has 1 aliphatic carbocycles. The van der Waals surface area contributed by atoms with E-state index in [1.54, 1.807) is 27.9 Å². The topological polar surface area (TPSA) is 153 Å². The summed E-state index contributed by atoms with van der Waals surface area (Å²) < 4.78 is 26.5. The number of hydrogen-bond donors (Lipinski definition) is 2. The molecular formula is C48H66N8O7S. The van der Waals surface area contributed by atoms with E-state index in [1.807, 2.05) is 25.4 Å². The third-order valence-electron chi connectivity index (χ3n) is 13.1. The summed E-state index contributed by atoms with van der Waals surface area (Å²) >= 11 is 1.45. The molecule has 64 heavy (non-hydrogen) atoms. The SMILES string of the molecule is CO[C@@H](C)c1ncc(N2CCN(C)CC2)cc1-c1c2c3cc(ccc3n1CCOC(C)C)-c1csc(n1)[C@@H](C)[C@H](NC(=O)OC(C)(C)C)C(=O)N1CCC[C@H](N1)C(=O)OCC1(CC1)C2. The van der Waals surface area contributed by atoms with Gasteiger partial charge >= 0.3 is 12.1 Å². The van der Waals surface area contributed by atoms with E-state index in [9.17, 15) is 14.4 Å². The predicted molar refractivity (Wildman–Crippen MR) is 248 cm³/mol. The first-order valence-electron chi connectivity index (χ1n) is 23.0. The summed E-state index contributed by atoms with van der Waals surface area (Å²) in [4.78, 5) is 56.8. The number of rotatable bonds is 9. The van der Waals surface area contributed by atoms with E-state index in [0.717, 1.165) is 89.4 Å². The second-order valence-electron chi connectivity index (χ2n) is 19.5. The number of hydrazine groups is 1. The molecule has 346 valence electrons. The molecule has 6 heterocycles. The molecule has 15 nitrogen and oxygen atoms in total. The standard InChI is InChI=1S/C48H66N8O7S/c1-29(2)61-22-21-55-39-13-12-32-23-34(39)36(42(55)35-24-33(26-49-41(35)31(4)60-9)54-19-17-53(8)18-20-54)25-48(14-15-48)28-62-45(58)37-11-10-16-56(52-37)44(57)40(51-46(59)63-47(5,6)7)30(3)43-50-38(32)27-64-43/h12-13,23-24,26-27,29-31,37,40,52H,10-11,14-22,25,28H2,1-9H3,(H,51,59)/t30-,31-,37-,40-/m0/s1. The first-order chi connectivity index (χ1) is 30.5. The number of pyridine rings is 1. The number of nitrogens with zero attached hydrogens (tertiary/aromatic N) is 6. The molecule has 0 unspecified atom stereocenters. The van der Waals surface area contributed by atoms with E-state index < -0.39 is 35.7 Å². The van der Waals surface area contributed by atoms with Gasteiger partial charge in [0.1, 0.15) is 17.7 Å². The Morgan fingerprint density at radius 2 is 1.86 bits per heavy atom. The summed E-state index contributed by atoms with van der Waals surface area (Å²) in [5, 5.41) is 8.12. The first kappa shape index (κ1) is 45.9. The molecule has 1 saturated carbocycles. The molecule has 3 aliphatic heterocycles. The quantitative estimate of drug-likeness (QED) is 0.165. The van der Waals surface area contributed by atoms with E-state index in [0.29, 0.717) is 44.0 Å². The van der Waals surface area contributed by atoms with E-state index >= 15 is 0 Å². The highest BCUT2D eigenvalue weighted by molar-refractivity contribution is 7.10. The number of amides is 2. The van der Waals surface area contributed by atoms with Gasteiger partial charge in [-0.05, 0) is 104 Å². The van der Waals surface area contributed by atoms with Crippen molar-refractivity contribution in [2.45, 2.75) is 123 Å². The van der Waals surface area contributed by atoms with Gasteiger partial charge in [-0.25, -0.2) is 15.2 Å². The summed E-state index contributed by atoms with van der Waals surface area (Å²) in [5.41, 5.74) is 10.1. The zero-order valence-electron chi connectivity index (χ0n) is 39.0. The maximum Gasteiger partial charge on any atom is 0.408 e. The third-order valence-corrected chi connectivity index (χ3v) is 14.2. The van der Waals surface area contributed by atoms with Crippen LogP contribution in [0.3, 0.4) is 0 Å². The van der Waals surface area contributed by atoms with Gasteiger partial charge in [0.15, 0.2) is 0 Å². The van der Waals surface area contributed by atoms with Crippen molar-refractivity contribution in [2.24, 2.45) is 5.41 Å². The Hall–Kier alpha value is -4.61. The van der Waals surface area contributed by atoms with Crippen LogP contribution in [-0.2, 0) is 41.5 Å². The van der Waals surface area contributed by atoms with Crippen molar-refractivity contribution in [3.05, 3.63) is 52.1 Å². The highest BCUT2D eigenvalue weighted by atomic mass is 32.1. The highest BCUT2D eigenvalue weighted by Gasteiger charge is 2.46. The van der Waals surface area contributed by atoms with E-state index in [4.69, 9.17) is 28.9 Å². The van der Waals surface area contributed by atoms with Gasteiger partial charge in [0, 0.05) is 85.1 Å². The van der Waals surface area contributed by atoms with E-state index in [-0.39, 0.29) is 30.1 Å². The highest BCUT2D eigenvalue weighted by Crippen LogP contribution is 2.52. The molecule has 4 aliphatic rings. The van der Waals surface area contributed by atoms with Crippen LogP contribution in [0.25, 0.3) is 33.4 Å². The van der Waals surface area contributed by atoms with Crippen molar-refractivity contribution in [3.8, 4) is 22.5 Å². The van der Waals surface area contributed by atoms with Gasteiger partial charge < -0.3 is 38.6 Å². The van der Waals surface area contributed by atoms with Crippen molar-refractivity contribution >= 4 is 45.9 Å². The molecule has 3 aromatic heterocycles. The van der Waals surface area contributed by atoms with Gasteiger partial charge in [-0.15, -0.1) is 11.3 Å². The summed E-state index contributed by atoms with van der Waals surface area (Å²) in [5.74, 6) is -1.30. The van der Waals surface area contributed by atoms with Crippen LogP contribution in [0.2, 0.25) is 0 Å². The second-order valence-corrected chi connectivity index (χ2v) is 20.4. The number of piperazine rings is 1. The number of aromatic nitrogens is 3. The lowest BCUT2D eigenvalue weighted by Gasteiger charge is -2.36. The van der Waals surface area contributed by atoms with Crippen LogP contribution >= 0.6 is 11.3 Å². The Morgan fingerprint density at radius 1 is 1.09 bits per heavy atom. The molecule has 1 spiro atoms. The number of carbonyl (C=O) groups excluding carboxylic acids is 3. The number of nitrogens with one attached hydrogen (secondary N) is 2. The summed E-state index contributed by atoms with van der Waals surface area (Å²) in [7, 11) is 3.89. The summed E-state index contributed by atoms with van der Waals surface area (Å²) in [6, 6.07) is 7.09. The normalized spacial score (nSPS) is 22.4. The molecule has 8 rings (SSSR count). The number of hydrogen-bond acceptors (Lipinski definition) is 13. The van der Waals surface area contributed by atoms with Gasteiger partial charge in [-0.2, -0.15) is 0 Å². The molecule has 2 saturated heterocycles. The number of likely N-dealkylation sites (N-methyl/N-ethyl adjacent to an activating group) is 1. The molecule has 4 aromatic rings. The van der Waals surface area contributed by atoms with Gasteiger partial charge in [-0.1, -0.05) is 13.0 Å². The summed E-state index contributed by atoms with van der Waals surface area (Å²) in [6.45, 7) is 18.9. The van der Waals surface area contributed by atoms with Gasteiger partial charge in [0.2, 0.25) is 0 Å². The van der Waals surface area contributed by atoms with Crippen molar-refractivity contribution in [1.29, 1.82) is 0 Å². The second kappa shape index (κ2) is 18.7. The van der Waals surface area contributed by atoms with Crippen molar-refractivity contribution in [2.75, 3.05) is 65.0 Å². The van der Waals surface area contributed by atoms with Gasteiger partial charge in [-0.3, -0.25) is 19.6 Å². The lowest BCUT2D eigenvalue weighted by Crippen LogP contribution is -2.61. The zero-order valence-corrected chi connectivity index (χ0v) is 39.8.